The highest BCUT2D eigenvalue weighted by Crippen LogP contribution is 2.12. The fraction of sp³-hybridized carbons (Fsp3) is 0. The Labute approximate surface area is 106 Å². The normalized spacial score (nSPS) is 10.7. The molecule has 0 spiro atoms. The van der Waals surface area contributed by atoms with Gasteiger partial charge in [0.05, 0.1) is 6.20 Å². The van der Waals surface area contributed by atoms with E-state index in [-0.39, 0.29) is 4.87 Å². The number of rotatable bonds is 2. The topological polar surface area (TPSA) is 53.8 Å². The molecule has 0 aliphatic carbocycles. The lowest BCUT2D eigenvalue weighted by atomic mass is 10.2. The maximum absolute atomic E-state index is 11.3. The Morgan fingerprint density at radius 1 is 1.17 bits per heavy atom. The van der Waals surface area contributed by atoms with Crippen molar-refractivity contribution < 1.29 is 9.36 Å². The number of hydrogen-bond acceptors (Lipinski definition) is 3. The van der Waals surface area contributed by atoms with Crippen LogP contribution in [0.4, 0.5) is 0 Å². The maximum atomic E-state index is 11.3. The molecule has 0 radical (unpaired) electrons. The molecular weight excluding hydrogens is 248 g/mol. The van der Waals surface area contributed by atoms with Gasteiger partial charge < -0.3 is 0 Å². The third-order valence-corrected chi connectivity index (χ3v) is 3.51. The van der Waals surface area contributed by atoms with Gasteiger partial charge in [-0.15, -0.1) is 0 Å². The number of carbonyl (C=O) groups is 1. The van der Waals surface area contributed by atoms with E-state index < -0.39 is 0 Å². The molecule has 3 aromatic rings. The number of H-pyrrole nitrogens is 1. The van der Waals surface area contributed by atoms with Crippen LogP contribution in [-0.2, 0) is 0 Å². The Bertz CT molecular complexity index is 789. The van der Waals surface area contributed by atoms with Crippen molar-refractivity contribution in [3.05, 3.63) is 57.3 Å². The molecule has 0 aliphatic rings. The maximum Gasteiger partial charge on any atom is 0.390 e. The fourth-order valence-electron chi connectivity index (χ4n) is 1.88. The average Bonchev–Trinajstić information content (AvgIpc) is 2.79. The van der Waals surface area contributed by atoms with Crippen LogP contribution in [0.15, 0.2) is 47.5 Å². The van der Waals surface area contributed by atoms with Crippen LogP contribution < -0.4 is 9.44 Å². The van der Waals surface area contributed by atoms with Gasteiger partial charge >= 0.3 is 10.7 Å². The van der Waals surface area contributed by atoms with E-state index in [0.29, 0.717) is 17.0 Å². The molecule has 0 atom stereocenters. The summed E-state index contributed by atoms with van der Waals surface area (Å²) in [6, 6.07) is 9.85. The van der Waals surface area contributed by atoms with Crippen molar-refractivity contribution in [1.82, 2.24) is 4.98 Å². The number of carbonyl (C=O) groups excluding carboxylic acids is 1. The first kappa shape index (κ1) is 10.9. The zero-order chi connectivity index (χ0) is 12.5. The minimum atomic E-state index is -0.229. The summed E-state index contributed by atoms with van der Waals surface area (Å²) in [5.74, 6) is 0.519. The molecule has 18 heavy (non-hydrogen) atoms. The molecule has 0 aliphatic heterocycles. The number of benzene rings is 1. The van der Waals surface area contributed by atoms with E-state index in [1.54, 1.807) is 4.57 Å². The van der Waals surface area contributed by atoms with E-state index in [2.05, 4.69) is 4.98 Å². The van der Waals surface area contributed by atoms with E-state index in [0.717, 1.165) is 22.1 Å². The van der Waals surface area contributed by atoms with Gasteiger partial charge in [-0.1, -0.05) is 24.3 Å². The molecule has 0 amide bonds. The number of nitrogens with zero attached hydrogens (tertiary/aromatic N) is 1. The first-order valence-corrected chi connectivity index (χ1v) is 6.18. The molecule has 0 bridgehead atoms. The first-order chi connectivity index (χ1) is 8.78. The van der Waals surface area contributed by atoms with Crippen LogP contribution in [0, 0.1) is 0 Å². The molecule has 0 saturated carbocycles. The molecule has 0 unspecified atom stereocenters. The SMILES string of the molecule is O=Cc1sc(=O)[nH]c1-[n+]1ccc2ccccc2c1. The number of hydrogen-bond donors (Lipinski definition) is 1. The second kappa shape index (κ2) is 4.19. The van der Waals surface area contributed by atoms with Gasteiger partial charge in [-0.2, -0.15) is 4.98 Å². The summed E-state index contributed by atoms with van der Waals surface area (Å²) in [4.78, 5) is 25.1. The number of thiazole rings is 1. The molecule has 0 saturated heterocycles. The van der Waals surface area contributed by atoms with Gasteiger partial charge in [0.2, 0.25) is 0 Å². The number of aromatic amines is 1. The van der Waals surface area contributed by atoms with Gasteiger partial charge in [-0.25, -0.2) is 9.36 Å². The van der Waals surface area contributed by atoms with Gasteiger partial charge in [0.25, 0.3) is 0 Å². The smallest absolute Gasteiger partial charge is 0.297 e. The molecular formula is C13H9N2O2S+. The molecule has 2 heterocycles. The Kier molecular flexibility index (Phi) is 2.53. The Balaban J connectivity index is 2.25. The number of aromatic nitrogens is 2. The first-order valence-electron chi connectivity index (χ1n) is 5.36. The van der Waals surface area contributed by atoms with Crippen LogP contribution in [0.2, 0.25) is 0 Å². The average molecular weight is 257 g/mol. The third kappa shape index (κ3) is 1.74. The van der Waals surface area contributed by atoms with Gasteiger partial charge in [0.1, 0.15) is 6.20 Å². The summed E-state index contributed by atoms with van der Waals surface area (Å²) in [5.41, 5.74) is 0. The van der Waals surface area contributed by atoms with E-state index in [4.69, 9.17) is 0 Å². The van der Waals surface area contributed by atoms with Crippen molar-refractivity contribution in [2.75, 3.05) is 0 Å². The highest BCUT2D eigenvalue weighted by molar-refractivity contribution is 7.11. The van der Waals surface area contributed by atoms with Crippen molar-refractivity contribution in [1.29, 1.82) is 0 Å². The molecule has 1 N–H and O–H groups in total. The van der Waals surface area contributed by atoms with Crippen LogP contribution in [0.25, 0.3) is 16.6 Å². The number of aldehydes is 1. The van der Waals surface area contributed by atoms with Gasteiger partial charge in [-0.3, -0.25) is 4.79 Å². The highest BCUT2D eigenvalue weighted by Gasteiger charge is 2.16. The zero-order valence-electron chi connectivity index (χ0n) is 9.29. The molecule has 0 fully saturated rings. The third-order valence-electron chi connectivity index (χ3n) is 2.71. The fourth-order valence-corrected chi connectivity index (χ4v) is 2.53. The summed E-state index contributed by atoms with van der Waals surface area (Å²) in [5, 5.41) is 2.16. The predicted octanol–water partition coefficient (Wildman–Crippen LogP) is 1.68. The summed E-state index contributed by atoms with van der Waals surface area (Å²) in [6.45, 7) is 0. The lowest BCUT2D eigenvalue weighted by Gasteiger charge is -1.99. The quantitative estimate of drug-likeness (QED) is 0.561. The zero-order valence-corrected chi connectivity index (χ0v) is 10.1. The Morgan fingerprint density at radius 2 is 1.94 bits per heavy atom. The Morgan fingerprint density at radius 3 is 2.72 bits per heavy atom. The summed E-state index contributed by atoms with van der Waals surface area (Å²) in [7, 11) is 0. The standard InChI is InChI=1S/C13H8N2O2S/c16-8-11-12(14-13(17)18-11)15-6-5-9-3-1-2-4-10(9)7-15/h1-8H/p+1. The van der Waals surface area contributed by atoms with E-state index in [9.17, 15) is 9.59 Å². The molecule has 5 heteroatoms. The van der Waals surface area contributed by atoms with E-state index in [1.807, 2.05) is 42.7 Å². The number of pyridine rings is 1. The summed E-state index contributed by atoms with van der Waals surface area (Å²) in [6.07, 6.45) is 4.41. The van der Waals surface area contributed by atoms with Crippen molar-refractivity contribution in [3.63, 3.8) is 0 Å². The lowest BCUT2D eigenvalue weighted by molar-refractivity contribution is -0.597. The van der Waals surface area contributed by atoms with Crippen LogP contribution >= 0.6 is 11.3 Å². The minimum Gasteiger partial charge on any atom is -0.297 e. The largest absolute Gasteiger partial charge is 0.390 e. The molecule has 1 aromatic carbocycles. The van der Waals surface area contributed by atoms with E-state index >= 15 is 0 Å². The summed E-state index contributed by atoms with van der Waals surface area (Å²) >= 11 is 0.915. The van der Waals surface area contributed by atoms with Crippen molar-refractivity contribution >= 4 is 28.4 Å². The van der Waals surface area contributed by atoms with Crippen LogP contribution in [-0.4, -0.2) is 11.3 Å². The van der Waals surface area contributed by atoms with Crippen LogP contribution in [0.1, 0.15) is 9.67 Å². The van der Waals surface area contributed by atoms with Gasteiger partial charge in [0, 0.05) is 5.39 Å². The second-order valence-corrected chi connectivity index (χ2v) is 4.84. The van der Waals surface area contributed by atoms with E-state index in [1.165, 1.54) is 0 Å². The summed E-state index contributed by atoms with van der Waals surface area (Å²) < 4.78 is 1.75. The predicted molar refractivity (Wildman–Crippen MR) is 69.4 cm³/mol. The van der Waals surface area contributed by atoms with Crippen molar-refractivity contribution in [2.45, 2.75) is 0 Å². The monoisotopic (exact) mass is 257 g/mol. The van der Waals surface area contributed by atoms with Crippen molar-refractivity contribution in [2.24, 2.45) is 0 Å². The minimum absolute atomic E-state index is 0.229. The van der Waals surface area contributed by atoms with Crippen LogP contribution in [0.3, 0.4) is 0 Å². The number of fused-ring (bicyclic) bond motifs is 1. The molecule has 3 rings (SSSR count). The van der Waals surface area contributed by atoms with Gasteiger partial charge in [0.15, 0.2) is 11.2 Å². The molecule has 88 valence electrons. The lowest BCUT2D eigenvalue weighted by Crippen LogP contribution is -2.31. The second-order valence-electron chi connectivity index (χ2n) is 3.83. The van der Waals surface area contributed by atoms with Crippen molar-refractivity contribution in [3.8, 4) is 5.82 Å². The Hall–Kier alpha value is -2.27. The molecule has 2 aromatic heterocycles. The van der Waals surface area contributed by atoms with Gasteiger partial charge in [-0.05, 0) is 22.8 Å². The molecule has 4 nitrogen and oxygen atoms in total. The number of nitrogens with one attached hydrogen (secondary N) is 1. The van der Waals surface area contributed by atoms with Crippen LogP contribution in [0.5, 0.6) is 0 Å². The highest BCUT2D eigenvalue weighted by atomic mass is 32.1.